The molecule has 5 unspecified atom stereocenters. The molecule has 4 rings (SSSR count). The Labute approximate surface area is 173 Å². The standard InChI is InChI=1S/C24H36O5/c1-13(4-7-21(28)29)16-5-6-17-22-18(12-20(27)24(16,17)3)23(2)9-8-15(25)10-14(23)11-19(22)26/h13-14,16-18,20,22,27H,4-12H2,1-3H3,(H,28,29)/t13-,14?,16-,17?,18?,20?,22?,23+,24-/m1/s1. The van der Waals surface area contributed by atoms with Gasteiger partial charge in [-0.15, -0.1) is 0 Å². The Kier molecular flexibility index (Phi) is 5.20. The SMILES string of the molecule is C[C@H](CCC(=O)O)[C@H]1CCC2C3C(=O)CC4CC(=O)CC[C@]4(C)C3CC(O)[C@@]21C. The first-order valence-electron chi connectivity index (χ1n) is 11.5. The number of ketones is 2. The van der Waals surface area contributed by atoms with Crippen LogP contribution >= 0.6 is 0 Å². The fourth-order valence-corrected chi connectivity index (χ4v) is 8.21. The predicted molar refractivity (Wildman–Crippen MR) is 108 cm³/mol. The Morgan fingerprint density at radius 3 is 2.59 bits per heavy atom. The molecule has 0 heterocycles. The maximum atomic E-state index is 13.3. The van der Waals surface area contributed by atoms with Crippen LogP contribution in [0.5, 0.6) is 0 Å². The average Bonchev–Trinajstić information content (AvgIpc) is 3.01. The van der Waals surface area contributed by atoms with Gasteiger partial charge in [-0.25, -0.2) is 0 Å². The number of carbonyl (C=O) groups excluding carboxylic acids is 2. The van der Waals surface area contributed by atoms with Gasteiger partial charge in [-0.2, -0.15) is 0 Å². The summed E-state index contributed by atoms with van der Waals surface area (Å²) in [7, 11) is 0. The summed E-state index contributed by atoms with van der Waals surface area (Å²) >= 11 is 0. The van der Waals surface area contributed by atoms with Crippen molar-refractivity contribution in [3.8, 4) is 0 Å². The third-order valence-electron chi connectivity index (χ3n) is 9.96. The first-order chi connectivity index (χ1) is 13.6. The van der Waals surface area contributed by atoms with Crippen LogP contribution < -0.4 is 0 Å². The number of rotatable bonds is 4. The maximum Gasteiger partial charge on any atom is 0.303 e. The third-order valence-corrected chi connectivity index (χ3v) is 9.96. The molecule has 5 nitrogen and oxygen atoms in total. The number of hydrogen-bond donors (Lipinski definition) is 2. The van der Waals surface area contributed by atoms with Gasteiger partial charge in [0.15, 0.2) is 0 Å². The molecule has 29 heavy (non-hydrogen) atoms. The van der Waals surface area contributed by atoms with Crippen LogP contribution in [0.25, 0.3) is 0 Å². The van der Waals surface area contributed by atoms with E-state index < -0.39 is 12.1 Å². The lowest BCUT2D eigenvalue weighted by molar-refractivity contribution is -0.178. The van der Waals surface area contributed by atoms with E-state index in [2.05, 4.69) is 20.8 Å². The van der Waals surface area contributed by atoms with E-state index in [0.717, 1.165) is 19.3 Å². The first kappa shape index (κ1) is 21.0. The van der Waals surface area contributed by atoms with E-state index in [0.29, 0.717) is 37.9 Å². The number of carboxylic acids is 1. The van der Waals surface area contributed by atoms with Crippen LogP contribution in [0.2, 0.25) is 0 Å². The second-order valence-electron chi connectivity index (χ2n) is 11.1. The van der Waals surface area contributed by atoms with E-state index in [1.165, 1.54) is 0 Å². The Hall–Kier alpha value is -1.23. The summed E-state index contributed by atoms with van der Waals surface area (Å²) in [5, 5.41) is 20.5. The minimum absolute atomic E-state index is 0.00507. The molecule has 0 bridgehead atoms. The van der Waals surface area contributed by atoms with Gasteiger partial charge in [0, 0.05) is 37.0 Å². The zero-order chi connectivity index (χ0) is 21.1. The van der Waals surface area contributed by atoms with E-state index in [-0.39, 0.29) is 58.5 Å². The van der Waals surface area contributed by atoms with Crippen molar-refractivity contribution < 1.29 is 24.6 Å². The van der Waals surface area contributed by atoms with Crippen molar-refractivity contribution in [1.82, 2.24) is 0 Å². The number of Topliss-reactive ketones (excluding diaryl/α,β-unsaturated/α-hetero) is 2. The molecule has 162 valence electrons. The monoisotopic (exact) mass is 404 g/mol. The number of aliphatic carboxylic acids is 1. The lowest BCUT2D eigenvalue weighted by Gasteiger charge is -2.61. The van der Waals surface area contributed by atoms with E-state index >= 15 is 0 Å². The summed E-state index contributed by atoms with van der Waals surface area (Å²) in [6.07, 6.45) is 5.38. The quantitative estimate of drug-likeness (QED) is 0.742. The van der Waals surface area contributed by atoms with Crippen molar-refractivity contribution in [1.29, 1.82) is 0 Å². The molecule has 0 saturated heterocycles. The highest BCUT2D eigenvalue weighted by Crippen LogP contribution is 2.67. The lowest BCUT2D eigenvalue weighted by atomic mass is 9.43. The van der Waals surface area contributed by atoms with Gasteiger partial charge < -0.3 is 10.2 Å². The van der Waals surface area contributed by atoms with Crippen molar-refractivity contribution in [3.05, 3.63) is 0 Å². The van der Waals surface area contributed by atoms with Gasteiger partial charge in [0.2, 0.25) is 0 Å². The number of aliphatic hydroxyl groups excluding tert-OH is 1. The molecule has 0 aromatic carbocycles. The van der Waals surface area contributed by atoms with Gasteiger partial charge in [0.05, 0.1) is 6.10 Å². The summed E-state index contributed by atoms with van der Waals surface area (Å²) in [6, 6.07) is 0. The summed E-state index contributed by atoms with van der Waals surface area (Å²) in [5.74, 6) is 0.793. The number of carboxylic acid groups (broad SMARTS) is 1. The molecule has 4 aliphatic rings. The lowest BCUT2D eigenvalue weighted by Crippen LogP contribution is -2.61. The van der Waals surface area contributed by atoms with E-state index in [1.54, 1.807) is 0 Å². The fourth-order valence-electron chi connectivity index (χ4n) is 8.21. The van der Waals surface area contributed by atoms with Crippen LogP contribution in [0, 0.1) is 46.3 Å². The molecular weight excluding hydrogens is 368 g/mol. The molecule has 0 amide bonds. The van der Waals surface area contributed by atoms with Crippen molar-refractivity contribution >= 4 is 17.5 Å². The molecule has 4 fully saturated rings. The number of carbonyl (C=O) groups is 3. The summed E-state index contributed by atoms with van der Waals surface area (Å²) in [6.45, 7) is 6.55. The zero-order valence-electron chi connectivity index (χ0n) is 18.0. The van der Waals surface area contributed by atoms with E-state index in [1.807, 2.05) is 0 Å². The molecule has 0 aliphatic heterocycles. The average molecular weight is 405 g/mol. The second-order valence-corrected chi connectivity index (χ2v) is 11.1. The fraction of sp³-hybridized carbons (Fsp3) is 0.875. The van der Waals surface area contributed by atoms with Crippen LogP contribution in [-0.4, -0.2) is 33.9 Å². The Morgan fingerprint density at radius 2 is 1.90 bits per heavy atom. The minimum atomic E-state index is -0.769. The first-order valence-corrected chi connectivity index (χ1v) is 11.5. The van der Waals surface area contributed by atoms with E-state index in [9.17, 15) is 19.5 Å². The minimum Gasteiger partial charge on any atom is -0.481 e. The van der Waals surface area contributed by atoms with Crippen LogP contribution in [0.1, 0.15) is 78.6 Å². The number of fused-ring (bicyclic) bond motifs is 5. The molecule has 5 heteroatoms. The van der Waals surface area contributed by atoms with Gasteiger partial charge in [-0.05, 0) is 67.1 Å². The Morgan fingerprint density at radius 1 is 1.17 bits per heavy atom. The molecule has 4 aliphatic carbocycles. The van der Waals surface area contributed by atoms with Gasteiger partial charge in [0.1, 0.15) is 11.6 Å². The van der Waals surface area contributed by atoms with Gasteiger partial charge >= 0.3 is 5.97 Å². The summed E-state index contributed by atoms with van der Waals surface area (Å²) < 4.78 is 0. The normalized spacial score (nSPS) is 47.9. The third kappa shape index (κ3) is 3.10. The second kappa shape index (κ2) is 7.18. The van der Waals surface area contributed by atoms with Crippen molar-refractivity contribution in [3.63, 3.8) is 0 Å². The predicted octanol–water partition coefficient (Wildman–Crippen LogP) is 3.87. The van der Waals surface area contributed by atoms with Crippen LogP contribution in [0.3, 0.4) is 0 Å². The Bertz CT molecular complexity index is 716. The van der Waals surface area contributed by atoms with Crippen molar-refractivity contribution in [2.45, 2.75) is 84.7 Å². The maximum absolute atomic E-state index is 13.3. The molecule has 4 saturated carbocycles. The highest BCUT2D eigenvalue weighted by Gasteiger charge is 2.65. The summed E-state index contributed by atoms with van der Waals surface area (Å²) in [5.41, 5.74) is -0.343. The van der Waals surface area contributed by atoms with E-state index in [4.69, 9.17) is 5.11 Å². The van der Waals surface area contributed by atoms with Crippen molar-refractivity contribution in [2.24, 2.45) is 46.3 Å². The molecule has 0 spiro atoms. The molecule has 0 aromatic heterocycles. The number of hydrogen-bond acceptors (Lipinski definition) is 4. The zero-order valence-corrected chi connectivity index (χ0v) is 18.0. The molecular formula is C24H36O5. The van der Waals surface area contributed by atoms with Gasteiger partial charge in [-0.1, -0.05) is 20.8 Å². The molecule has 0 aromatic rings. The van der Waals surface area contributed by atoms with Crippen LogP contribution in [0.4, 0.5) is 0 Å². The highest BCUT2D eigenvalue weighted by molar-refractivity contribution is 5.86. The topological polar surface area (TPSA) is 91.7 Å². The Balaban J connectivity index is 1.62. The number of aliphatic hydroxyl groups is 1. The molecule has 0 radical (unpaired) electrons. The highest BCUT2D eigenvalue weighted by atomic mass is 16.4. The van der Waals surface area contributed by atoms with Crippen molar-refractivity contribution in [2.75, 3.05) is 0 Å². The van der Waals surface area contributed by atoms with Gasteiger partial charge in [0.25, 0.3) is 0 Å². The molecule has 2 N–H and O–H groups in total. The van der Waals surface area contributed by atoms with Crippen LogP contribution in [0.15, 0.2) is 0 Å². The molecule has 9 atom stereocenters. The largest absolute Gasteiger partial charge is 0.481 e. The van der Waals surface area contributed by atoms with Gasteiger partial charge in [-0.3, -0.25) is 14.4 Å². The van der Waals surface area contributed by atoms with Crippen LogP contribution in [-0.2, 0) is 14.4 Å². The smallest absolute Gasteiger partial charge is 0.303 e. The summed E-state index contributed by atoms with van der Waals surface area (Å²) in [4.78, 5) is 36.4.